The van der Waals surface area contributed by atoms with Crippen LogP contribution < -0.4 is 4.74 Å². The van der Waals surface area contributed by atoms with E-state index in [4.69, 9.17) is 14.6 Å². The van der Waals surface area contributed by atoms with Crippen molar-refractivity contribution in [1.82, 2.24) is 0 Å². The smallest absolute Gasteiger partial charge is 0.344 e. The highest BCUT2D eigenvalue weighted by Gasteiger charge is 2.33. The number of hydrogen-bond acceptors (Lipinski definition) is 7. The number of carboxylic acid groups (broad SMARTS) is 1. The van der Waals surface area contributed by atoms with Crippen molar-refractivity contribution in [3.8, 4) is 5.75 Å². The number of para-hydroxylation sites is 1. The number of thioether (sulfide) groups is 1. The van der Waals surface area contributed by atoms with Crippen LogP contribution in [0, 0.1) is 0 Å². The number of nitrogens with zero attached hydrogens (tertiary/aromatic N) is 1. The van der Waals surface area contributed by atoms with Gasteiger partial charge < -0.3 is 19.7 Å². The minimum Gasteiger partial charge on any atom is -0.506 e. The zero-order valence-electron chi connectivity index (χ0n) is 19.4. The van der Waals surface area contributed by atoms with Crippen LogP contribution in [0.1, 0.15) is 28.4 Å². The first kappa shape index (κ1) is 24.8. The van der Waals surface area contributed by atoms with Crippen molar-refractivity contribution in [1.29, 1.82) is 0 Å². The number of carbonyl (C=O) groups excluding carboxylic acids is 1. The van der Waals surface area contributed by atoms with Gasteiger partial charge in [0.2, 0.25) is 0 Å². The Bertz CT molecular complexity index is 1340. The van der Waals surface area contributed by atoms with Gasteiger partial charge in [0.15, 0.2) is 0 Å². The first-order valence-electron chi connectivity index (χ1n) is 11.1. The lowest BCUT2D eigenvalue weighted by atomic mass is 10.1. The molecule has 0 atom stereocenters. The second kappa shape index (κ2) is 11.4. The number of carboxylic acids is 1. The fourth-order valence-electron chi connectivity index (χ4n) is 3.33. The normalized spacial score (nSPS) is 15.4. The fourth-order valence-corrected chi connectivity index (χ4v) is 4.37. The molecule has 0 bridgehead atoms. The Labute approximate surface area is 212 Å². The highest BCUT2D eigenvalue weighted by Crippen LogP contribution is 2.40. The van der Waals surface area contributed by atoms with Crippen molar-refractivity contribution in [2.75, 3.05) is 6.61 Å². The van der Waals surface area contributed by atoms with Gasteiger partial charge in [-0.25, -0.2) is 14.6 Å². The summed E-state index contributed by atoms with van der Waals surface area (Å²) in [6.07, 6.45) is 1.77. The second-order valence-corrected chi connectivity index (χ2v) is 8.70. The van der Waals surface area contributed by atoms with Crippen molar-refractivity contribution < 1.29 is 29.3 Å². The number of benzene rings is 3. The molecule has 1 aliphatic heterocycles. The van der Waals surface area contributed by atoms with Crippen molar-refractivity contribution in [3.05, 3.63) is 112 Å². The Morgan fingerprint density at radius 2 is 1.67 bits per heavy atom. The Balaban J connectivity index is 1.50. The third kappa shape index (κ3) is 6.03. The van der Waals surface area contributed by atoms with Crippen LogP contribution in [-0.2, 0) is 16.1 Å². The molecule has 1 heterocycles. The van der Waals surface area contributed by atoms with Gasteiger partial charge in [-0.2, -0.15) is 0 Å². The summed E-state index contributed by atoms with van der Waals surface area (Å²) in [7, 11) is 0. The van der Waals surface area contributed by atoms with Crippen LogP contribution in [0.5, 0.6) is 5.75 Å². The number of rotatable bonds is 8. The summed E-state index contributed by atoms with van der Waals surface area (Å²) < 4.78 is 10.9. The molecule has 0 amide bonds. The van der Waals surface area contributed by atoms with Gasteiger partial charge in [0.1, 0.15) is 28.7 Å². The molecule has 0 saturated heterocycles. The Hall–Kier alpha value is -4.30. The van der Waals surface area contributed by atoms with E-state index in [9.17, 15) is 14.7 Å². The van der Waals surface area contributed by atoms with Gasteiger partial charge in [-0.1, -0.05) is 54.2 Å². The highest BCUT2D eigenvalue weighted by atomic mass is 32.2. The number of aliphatic imine (C=N–C) groups is 1. The number of ether oxygens (including phenoxy) is 2. The molecule has 36 heavy (non-hydrogen) atoms. The summed E-state index contributed by atoms with van der Waals surface area (Å²) in [6.45, 7) is 2.18. The quantitative estimate of drug-likeness (QED) is 0.356. The van der Waals surface area contributed by atoms with Gasteiger partial charge in [0.25, 0.3) is 0 Å². The van der Waals surface area contributed by atoms with E-state index in [0.29, 0.717) is 28.0 Å². The number of carbonyl (C=O) groups is 2. The lowest BCUT2D eigenvalue weighted by Gasteiger charge is -2.07. The van der Waals surface area contributed by atoms with E-state index in [1.165, 1.54) is 23.9 Å². The van der Waals surface area contributed by atoms with Gasteiger partial charge in [0, 0.05) is 0 Å². The molecule has 8 heteroatoms. The largest absolute Gasteiger partial charge is 0.506 e. The van der Waals surface area contributed by atoms with Gasteiger partial charge in [-0.15, -0.1) is 0 Å². The van der Waals surface area contributed by atoms with Crippen LogP contribution in [0.25, 0.3) is 6.08 Å². The molecule has 7 nitrogen and oxygen atoms in total. The Morgan fingerprint density at radius 1 is 0.972 bits per heavy atom. The average Bonchev–Trinajstić information content (AvgIpc) is 3.18. The van der Waals surface area contributed by atoms with Gasteiger partial charge in [-0.05, 0) is 60.5 Å². The van der Waals surface area contributed by atoms with E-state index in [1.54, 1.807) is 37.3 Å². The molecule has 0 spiro atoms. The third-order valence-electron chi connectivity index (χ3n) is 5.14. The molecule has 0 aliphatic carbocycles. The van der Waals surface area contributed by atoms with Gasteiger partial charge >= 0.3 is 11.9 Å². The SMILES string of the molecule is CCOC(=O)C1=C(O)C(=Cc2ccc(OCc3ccc(C(=O)O)cc3)cc2)SC1=Nc1ccccc1. The number of esters is 1. The van der Waals surface area contributed by atoms with Crippen LogP contribution in [0.4, 0.5) is 5.69 Å². The molecule has 3 aromatic carbocycles. The minimum absolute atomic E-state index is 0.0471. The fraction of sp³-hybridized carbons (Fsp3) is 0.107. The molecular formula is C28H23NO6S. The maximum absolute atomic E-state index is 12.5. The van der Waals surface area contributed by atoms with E-state index in [2.05, 4.69) is 4.99 Å². The van der Waals surface area contributed by atoms with Crippen molar-refractivity contribution in [3.63, 3.8) is 0 Å². The molecule has 2 N–H and O–H groups in total. The molecule has 3 aromatic rings. The molecule has 182 valence electrons. The third-order valence-corrected chi connectivity index (χ3v) is 6.16. The lowest BCUT2D eigenvalue weighted by molar-refractivity contribution is -0.138. The number of aliphatic hydroxyl groups excluding tert-OH is 1. The summed E-state index contributed by atoms with van der Waals surface area (Å²) >= 11 is 1.20. The summed E-state index contributed by atoms with van der Waals surface area (Å²) in [5, 5.41) is 20.2. The van der Waals surface area contributed by atoms with Crippen LogP contribution in [0.3, 0.4) is 0 Å². The molecular weight excluding hydrogens is 478 g/mol. The Morgan fingerprint density at radius 3 is 2.31 bits per heavy atom. The van der Waals surface area contributed by atoms with E-state index in [1.807, 2.05) is 42.5 Å². The predicted octanol–water partition coefficient (Wildman–Crippen LogP) is 6.16. The summed E-state index contributed by atoms with van der Waals surface area (Å²) in [5.74, 6) is -1.13. The van der Waals surface area contributed by atoms with Crippen LogP contribution in [0.15, 0.2) is 100 Å². The van der Waals surface area contributed by atoms with Crippen molar-refractivity contribution in [2.45, 2.75) is 13.5 Å². The second-order valence-electron chi connectivity index (χ2n) is 7.67. The first-order chi connectivity index (χ1) is 17.4. The maximum Gasteiger partial charge on any atom is 0.344 e. The molecule has 4 rings (SSSR count). The van der Waals surface area contributed by atoms with Crippen LogP contribution in [0.2, 0.25) is 0 Å². The molecule has 0 fully saturated rings. The standard InChI is InChI=1S/C28H23NO6S/c1-2-34-28(33)24-25(30)23(36-26(24)29-21-6-4-3-5-7-21)16-18-10-14-22(15-11-18)35-17-19-8-12-20(13-9-19)27(31)32/h3-16,30H,2,17H2,1H3,(H,31,32). The van der Waals surface area contributed by atoms with Gasteiger partial charge in [0.05, 0.1) is 22.8 Å². The molecule has 0 saturated carbocycles. The van der Waals surface area contributed by atoms with Crippen molar-refractivity contribution >= 4 is 40.5 Å². The molecule has 0 radical (unpaired) electrons. The molecule has 1 aliphatic rings. The van der Waals surface area contributed by atoms with E-state index in [-0.39, 0.29) is 23.5 Å². The zero-order chi connectivity index (χ0) is 25.5. The van der Waals surface area contributed by atoms with Crippen LogP contribution >= 0.6 is 11.8 Å². The average molecular weight is 502 g/mol. The number of aromatic carboxylic acids is 1. The Kier molecular flexibility index (Phi) is 7.87. The monoisotopic (exact) mass is 501 g/mol. The van der Waals surface area contributed by atoms with Crippen molar-refractivity contribution in [2.24, 2.45) is 4.99 Å². The predicted molar refractivity (Wildman–Crippen MR) is 140 cm³/mol. The maximum atomic E-state index is 12.5. The van der Waals surface area contributed by atoms with Gasteiger partial charge in [-0.3, -0.25) is 0 Å². The highest BCUT2D eigenvalue weighted by molar-refractivity contribution is 8.18. The summed E-state index contributed by atoms with van der Waals surface area (Å²) in [4.78, 5) is 28.5. The van der Waals surface area contributed by atoms with E-state index < -0.39 is 11.9 Å². The minimum atomic E-state index is -0.971. The van der Waals surface area contributed by atoms with E-state index in [0.717, 1.165) is 11.1 Å². The lowest BCUT2D eigenvalue weighted by Crippen LogP contribution is -2.12. The molecule has 0 aromatic heterocycles. The van der Waals surface area contributed by atoms with E-state index >= 15 is 0 Å². The first-order valence-corrected chi connectivity index (χ1v) is 12.0. The topological polar surface area (TPSA) is 105 Å². The molecule has 0 unspecified atom stereocenters. The number of aliphatic hydroxyl groups is 1. The summed E-state index contributed by atoms with van der Waals surface area (Å²) in [6, 6.07) is 22.9. The summed E-state index contributed by atoms with van der Waals surface area (Å²) in [5.41, 5.74) is 2.58. The zero-order valence-corrected chi connectivity index (χ0v) is 20.2. The number of hydrogen-bond donors (Lipinski definition) is 2. The van der Waals surface area contributed by atoms with Crippen LogP contribution in [-0.4, -0.2) is 33.8 Å².